The van der Waals surface area contributed by atoms with Gasteiger partial charge in [-0.15, -0.1) is 11.3 Å². The Morgan fingerprint density at radius 3 is 2.62 bits per heavy atom. The summed E-state index contributed by atoms with van der Waals surface area (Å²) in [5.41, 5.74) is 1.14. The highest BCUT2D eigenvalue weighted by atomic mass is 32.1. The van der Waals surface area contributed by atoms with Crippen molar-refractivity contribution in [2.45, 2.75) is 26.4 Å². The van der Waals surface area contributed by atoms with Crippen molar-refractivity contribution in [3.63, 3.8) is 0 Å². The van der Waals surface area contributed by atoms with Crippen LogP contribution in [0.5, 0.6) is 0 Å². The number of hydrogen-bond acceptors (Lipinski definition) is 4. The molecule has 1 atom stereocenters. The fraction of sp³-hybridized carbons (Fsp3) is 0.333. The number of ether oxygens (including phenoxy) is 1. The summed E-state index contributed by atoms with van der Waals surface area (Å²) in [5.74, 6) is -0.277. The van der Waals surface area contributed by atoms with Gasteiger partial charge in [-0.2, -0.15) is 0 Å². The predicted molar refractivity (Wildman–Crippen MR) is 96.4 cm³/mol. The van der Waals surface area contributed by atoms with Gasteiger partial charge in [0.25, 0.3) is 5.91 Å². The van der Waals surface area contributed by atoms with E-state index in [1.165, 1.54) is 18.3 Å². The summed E-state index contributed by atoms with van der Waals surface area (Å²) in [6.07, 6.45) is 0.784. The lowest BCUT2D eigenvalue weighted by Gasteiger charge is -2.13. The lowest BCUT2D eigenvalue weighted by molar-refractivity contribution is -0.114. The molecule has 0 saturated carbocycles. The van der Waals surface area contributed by atoms with Gasteiger partial charge >= 0.3 is 0 Å². The molecular formula is C18H22N2O3S. The maximum atomic E-state index is 12.0. The maximum absolute atomic E-state index is 12.0. The molecule has 5 nitrogen and oxygen atoms in total. The molecule has 1 aromatic heterocycles. The zero-order valence-corrected chi connectivity index (χ0v) is 14.7. The Labute approximate surface area is 146 Å². The lowest BCUT2D eigenvalue weighted by atomic mass is 10.1. The van der Waals surface area contributed by atoms with Gasteiger partial charge in [0.05, 0.1) is 16.0 Å². The van der Waals surface area contributed by atoms with Crippen LogP contribution in [0.2, 0.25) is 0 Å². The predicted octanol–water partition coefficient (Wildman–Crippen LogP) is 3.60. The van der Waals surface area contributed by atoms with Crippen molar-refractivity contribution in [3.8, 4) is 0 Å². The number of anilines is 1. The minimum absolute atomic E-state index is 0.0411. The second-order valence-electron chi connectivity index (χ2n) is 5.38. The van der Waals surface area contributed by atoms with Crippen LogP contribution in [0.4, 0.5) is 5.00 Å². The standard InChI is InChI=1S/C18H22N2O3S/c1-13(15-7-4-3-5-8-15)23-12-6-11-19-18(22)16-9-10-17(24-16)20-14(2)21/h3-5,7-10,13H,6,11-12H2,1-2H3,(H,19,22)(H,20,21). The van der Waals surface area contributed by atoms with Gasteiger partial charge in [0.1, 0.15) is 0 Å². The summed E-state index contributed by atoms with van der Waals surface area (Å²) in [6, 6.07) is 13.5. The largest absolute Gasteiger partial charge is 0.374 e. The van der Waals surface area contributed by atoms with E-state index in [2.05, 4.69) is 10.6 Å². The molecule has 6 heteroatoms. The van der Waals surface area contributed by atoms with Crippen LogP contribution in [0.25, 0.3) is 0 Å². The quantitative estimate of drug-likeness (QED) is 0.718. The van der Waals surface area contributed by atoms with Crippen molar-refractivity contribution in [2.75, 3.05) is 18.5 Å². The molecular weight excluding hydrogens is 324 g/mol. The van der Waals surface area contributed by atoms with E-state index < -0.39 is 0 Å². The van der Waals surface area contributed by atoms with Gasteiger partial charge in [0.2, 0.25) is 5.91 Å². The molecule has 2 rings (SSSR count). The monoisotopic (exact) mass is 346 g/mol. The highest BCUT2D eigenvalue weighted by molar-refractivity contribution is 7.18. The number of benzene rings is 1. The molecule has 1 unspecified atom stereocenters. The first-order valence-electron chi connectivity index (χ1n) is 7.88. The van der Waals surface area contributed by atoms with Crippen LogP contribution in [0.15, 0.2) is 42.5 Å². The van der Waals surface area contributed by atoms with Gasteiger partial charge < -0.3 is 15.4 Å². The second-order valence-corrected chi connectivity index (χ2v) is 6.46. The van der Waals surface area contributed by atoms with Crippen LogP contribution in [0.1, 0.15) is 41.6 Å². The third kappa shape index (κ3) is 5.79. The van der Waals surface area contributed by atoms with E-state index in [0.717, 1.165) is 12.0 Å². The molecule has 24 heavy (non-hydrogen) atoms. The molecule has 0 fully saturated rings. The zero-order valence-electron chi connectivity index (χ0n) is 13.9. The molecule has 0 spiro atoms. The molecule has 2 N–H and O–H groups in total. The number of hydrogen-bond donors (Lipinski definition) is 2. The Kier molecular flexibility index (Phi) is 6.96. The summed E-state index contributed by atoms with van der Waals surface area (Å²) in [5, 5.41) is 6.20. The van der Waals surface area contributed by atoms with Crippen LogP contribution in [0.3, 0.4) is 0 Å². The average molecular weight is 346 g/mol. The normalized spacial score (nSPS) is 11.8. The average Bonchev–Trinajstić information content (AvgIpc) is 3.02. The number of nitrogens with one attached hydrogen (secondary N) is 2. The first-order valence-corrected chi connectivity index (χ1v) is 8.70. The smallest absolute Gasteiger partial charge is 0.261 e. The Balaban J connectivity index is 1.66. The van der Waals surface area contributed by atoms with E-state index in [1.807, 2.05) is 37.3 Å². The summed E-state index contributed by atoms with van der Waals surface area (Å²) in [7, 11) is 0. The number of thiophene rings is 1. The van der Waals surface area contributed by atoms with Crippen LogP contribution in [-0.4, -0.2) is 25.0 Å². The van der Waals surface area contributed by atoms with Gasteiger partial charge in [-0.25, -0.2) is 0 Å². The number of carbonyl (C=O) groups excluding carboxylic acids is 2. The first-order chi connectivity index (χ1) is 11.6. The Morgan fingerprint density at radius 2 is 1.92 bits per heavy atom. The van der Waals surface area contributed by atoms with Crippen molar-refractivity contribution < 1.29 is 14.3 Å². The molecule has 2 aromatic rings. The van der Waals surface area contributed by atoms with E-state index in [9.17, 15) is 9.59 Å². The van der Waals surface area contributed by atoms with Crippen molar-refractivity contribution in [1.29, 1.82) is 0 Å². The minimum atomic E-state index is -0.145. The van der Waals surface area contributed by atoms with Crippen molar-refractivity contribution in [2.24, 2.45) is 0 Å². The second kappa shape index (κ2) is 9.20. The molecule has 0 aliphatic carbocycles. The molecule has 128 valence electrons. The third-order valence-electron chi connectivity index (χ3n) is 3.37. The minimum Gasteiger partial charge on any atom is -0.374 e. The van der Waals surface area contributed by atoms with Crippen LogP contribution in [-0.2, 0) is 9.53 Å². The number of rotatable bonds is 8. The lowest BCUT2D eigenvalue weighted by Crippen LogP contribution is -2.24. The Morgan fingerprint density at radius 1 is 1.17 bits per heavy atom. The molecule has 0 aliphatic rings. The van der Waals surface area contributed by atoms with Gasteiger partial charge in [-0.05, 0) is 31.0 Å². The molecule has 0 aliphatic heterocycles. The Bertz CT molecular complexity index is 670. The molecule has 0 bridgehead atoms. The van der Waals surface area contributed by atoms with E-state index in [0.29, 0.717) is 23.0 Å². The number of carbonyl (C=O) groups is 2. The van der Waals surface area contributed by atoms with Gasteiger partial charge in [-0.1, -0.05) is 30.3 Å². The summed E-state index contributed by atoms with van der Waals surface area (Å²) < 4.78 is 5.77. The molecule has 1 heterocycles. The van der Waals surface area contributed by atoms with Crippen molar-refractivity contribution >= 4 is 28.2 Å². The molecule has 0 radical (unpaired) electrons. The van der Waals surface area contributed by atoms with Gasteiger partial charge in [0, 0.05) is 20.1 Å². The molecule has 2 amide bonds. The van der Waals surface area contributed by atoms with Crippen LogP contribution < -0.4 is 10.6 Å². The molecule has 1 aromatic carbocycles. The summed E-state index contributed by atoms with van der Waals surface area (Å²) in [6.45, 7) is 4.59. The highest BCUT2D eigenvalue weighted by Gasteiger charge is 2.09. The van der Waals surface area contributed by atoms with Gasteiger partial charge in [0.15, 0.2) is 0 Å². The highest BCUT2D eigenvalue weighted by Crippen LogP contribution is 2.21. The topological polar surface area (TPSA) is 67.4 Å². The van der Waals surface area contributed by atoms with E-state index >= 15 is 0 Å². The van der Waals surface area contributed by atoms with Crippen molar-refractivity contribution in [1.82, 2.24) is 5.32 Å². The fourth-order valence-electron chi connectivity index (χ4n) is 2.14. The Hall–Kier alpha value is -2.18. The van der Waals surface area contributed by atoms with E-state index in [-0.39, 0.29) is 17.9 Å². The maximum Gasteiger partial charge on any atom is 0.261 e. The van der Waals surface area contributed by atoms with E-state index in [4.69, 9.17) is 4.74 Å². The van der Waals surface area contributed by atoms with Crippen molar-refractivity contribution in [3.05, 3.63) is 52.9 Å². The molecule has 0 saturated heterocycles. The van der Waals surface area contributed by atoms with E-state index in [1.54, 1.807) is 12.1 Å². The van der Waals surface area contributed by atoms with Crippen LogP contribution in [0, 0.1) is 0 Å². The first kappa shape index (κ1) is 18.2. The SMILES string of the molecule is CC(=O)Nc1ccc(C(=O)NCCCOC(C)c2ccccc2)s1. The third-order valence-corrected chi connectivity index (χ3v) is 4.37. The summed E-state index contributed by atoms with van der Waals surface area (Å²) in [4.78, 5) is 23.6. The number of amides is 2. The summed E-state index contributed by atoms with van der Waals surface area (Å²) >= 11 is 1.26. The van der Waals surface area contributed by atoms with Gasteiger partial charge in [-0.3, -0.25) is 9.59 Å². The fourth-order valence-corrected chi connectivity index (χ4v) is 3.01. The zero-order chi connectivity index (χ0) is 17.4. The van der Waals surface area contributed by atoms with Crippen LogP contribution >= 0.6 is 11.3 Å².